The molecule has 4 heteroatoms. The van der Waals surface area contributed by atoms with E-state index in [9.17, 15) is 5.11 Å². The number of nitrogens with one attached hydrogen (secondary N) is 1. The molecule has 0 saturated carbocycles. The average Bonchev–Trinajstić information content (AvgIpc) is 2.68. The molecule has 1 aliphatic heterocycles. The molecule has 1 heterocycles. The van der Waals surface area contributed by atoms with Crippen LogP contribution in [0.25, 0.3) is 0 Å². The Bertz CT molecular complexity index is 434. The van der Waals surface area contributed by atoms with Crippen molar-refractivity contribution >= 4 is 0 Å². The van der Waals surface area contributed by atoms with Crippen molar-refractivity contribution < 1.29 is 14.6 Å². The van der Waals surface area contributed by atoms with Gasteiger partial charge in [-0.2, -0.15) is 0 Å². The van der Waals surface area contributed by atoms with E-state index in [2.05, 4.69) is 26.1 Å². The van der Waals surface area contributed by atoms with E-state index in [0.29, 0.717) is 19.1 Å². The third kappa shape index (κ3) is 3.44. The summed E-state index contributed by atoms with van der Waals surface area (Å²) < 4.78 is 11.3. The Balaban J connectivity index is 2.21. The Hall–Kier alpha value is -1.26. The van der Waals surface area contributed by atoms with E-state index in [0.717, 1.165) is 30.0 Å². The first-order chi connectivity index (χ1) is 9.63. The predicted molar refractivity (Wildman–Crippen MR) is 79.3 cm³/mol. The molecule has 2 unspecified atom stereocenters. The number of fused-ring (bicyclic) bond motifs is 1. The van der Waals surface area contributed by atoms with Crippen LogP contribution in [-0.4, -0.2) is 30.9 Å². The summed E-state index contributed by atoms with van der Waals surface area (Å²) in [6, 6.07) is 5.75. The SMILES string of the molecule is CCNC(C(C)C)C(O)c1ccc2c(c1)OCCCO2. The van der Waals surface area contributed by atoms with Crippen LogP contribution in [0, 0.1) is 5.92 Å². The summed E-state index contributed by atoms with van der Waals surface area (Å²) >= 11 is 0. The van der Waals surface area contributed by atoms with Crippen LogP contribution in [0.4, 0.5) is 0 Å². The molecule has 0 aliphatic carbocycles. The van der Waals surface area contributed by atoms with Gasteiger partial charge >= 0.3 is 0 Å². The zero-order valence-electron chi connectivity index (χ0n) is 12.6. The van der Waals surface area contributed by atoms with Gasteiger partial charge in [-0.05, 0) is 30.2 Å². The Morgan fingerprint density at radius 1 is 1.20 bits per heavy atom. The van der Waals surface area contributed by atoms with Gasteiger partial charge in [0.1, 0.15) is 0 Å². The van der Waals surface area contributed by atoms with Gasteiger partial charge in [-0.3, -0.25) is 0 Å². The molecule has 0 amide bonds. The van der Waals surface area contributed by atoms with Crippen LogP contribution in [0.5, 0.6) is 11.5 Å². The molecule has 0 saturated heterocycles. The molecule has 2 rings (SSSR count). The van der Waals surface area contributed by atoms with Crippen LogP contribution in [0.1, 0.15) is 38.9 Å². The minimum Gasteiger partial charge on any atom is -0.490 e. The van der Waals surface area contributed by atoms with Crippen molar-refractivity contribution in [3.63, 3.8) is 0 Å². The number of aliphatic hydroxyl groups is 1. The van der Waals surface area contributed by atoms with Crippen molar-refractivity contribution in [3.8, 4) is 11.5 Å². The fraction of sp³-hybridized carbons (Fsp3) is 0.625. The van der Waals surface area contributed by atoms with Crippen molar-refractivity contribution in [2.24, 2.45) is 5.92 Å². The Morgan fingerprint density at radius 3 is 2.55 bits per heavy atom. The highest BCUT2D eigenvalue weighted by atomic mass is 16.5. The van der Waals surface area contributed by atoms with Crippen LogP contribution in [0.3, 0.4) is 0 Å². The Labute approximate surface area is 121 Å². The number of benzene rings is 1. The largest absolute Gasteiger partial charge is 0.490 e. The topological polar surface area (TPSA) is 50.7 Å². The van der Waals surface area contributed by atoms with Crippen molar-refractivity contribution in [2.45, 2.75) is 39.3 Å². The standard InChI is InChI=1S/C16H25NO3/c1-4-17-15(11(2)3)16(18)12-6-7-13-14(10-12)20-9-5-8-19-13/h6-7,10-11,15-18H,4-5,8-9H2,1-3H3. The summed E-state index contributed by atoms with van der Waals surface area (Å²) in [5, 5.41) is 13.9. The normalized spacial score (nSPS) is 17.6. The minimum atomic E-state index is -0.549. The monoisotopic (exact) mass is 279 g/mol. The molecule has 0 bridgehead atoms. The summed E-state index contributed by atoms with van der Waals surface area (Å²) in [6.07, 6.45) is 0.338. The first kappa shape index (κ1) is 15.1. The lowest BCUT2D eigenvalue weighted by molar-refractivity contribution is 0.106. The summed E-state index contributed by atoms with van der Waals surface area (Å²) in [7, 11) is 0. The van der Waals surface area contributed by atoms with E-state index in [4.69, 9.17) is 9.47 Å². The van der Waals surface area contributed by atoms with Gasteiger partial charge in [0.15, 0.2) is 11.5 Å². The summed E-state index contributed by atoms with van der Waals surface area (Å²) in [6.45, 7) is 8.45. The second-order valence-corrected chi connectivity index (χ2v) is 5.53. The Kier molecular flexibility index (Phi) is 5.26. The summed E-state index contributed by atoms with van der Waals surface area (Å²) in [4.78, 5) is 0. The average molecular weight is 279 g/mol. The second kappa shape index (κ2) is 6.95. The first-order valence-corrected chi connectivity index (χ1v) is 7.44. The molecular formula is C16H25NO3. The number of hydrogen-bond donors (Lipinski definition) is 2. The molecular weight excluding hydrogens is 254 g/mol. The molecule has 0 aromatic heterocycles. The number of rotatable bonds is 5. The van der Waals surface area contributed by atoms with Gasteiger partial charge in [0, 0.05) is 12.5 Å². The fourth-order valence-corrected chi connectivity index (χ4v) is 2.52. The smallest absolute Gasteiger partial charge is 0.161 e. The fourth-order valence-electron chi connectivity index (χ4n) is 2.52. The third-order valence-electron chi connectivity index (χ3n) is 3.61. The number of aliphatic hydroxyl groups excluding tert-OH is 1. The summed E-state index contributed by atoms with van der Waals surface area (Å²) in [5.41, 5.74) is 0.869. The molecule has 20 heavy (non-hydrogen) atoms. The molecule has 2 atom stereocenters. The van der Waals surface area contributed by atoms with Gasteiger partial charge < -0.3 is 19.9 Å². The van der Waals surface area contributed by atoms with Crippen LogP contribution in [0.2, 0.25) is 0 Å². The maximum atomic E-state index is 10.6. The van der Waals surface area contributed by atoms with E-state index in [-0.39, 0.29) is 6.04 Å². The second-order valence-electron chi connectivity index (χ2n) is 5.53. The molecule has 1 aromatic carbocycles. The van der Waals surface area contributed by atoms with E-state index < -0.39 is 6.10 Å². The van der Waals surface area contributed by atoms with E-state index >= 15 is 0 Å². The molecule has 0 spiro atoms. The van der Waals surface area contributed by atoms with E-state index in [1.165, 1.54) is 0 Å². The third-order valence-corrected chi connectivity index (χ3v) is 3.61. The Morgan fingerprint density at radius 2 is 1.90 bits per heavy atom. The molecule has 1 aliphatic rings. The number of likely N-dealkylation sites (N-methyl/N-ethyl adjacent to an activating group) is 1. The van der Waals surface area contributed by atoms with Crippen LogP contribution < -0.4 is 14.8 Å². The first-order valence-electron chi connectivity index (χ1n) is 7.44. The molecule has 0 fully saturated rings. The van der Waals surface area contributed by atoms with Crippen molar-refractivity contribution in [1.82, 2.24) is 5.32 Å². The van der Waals surface area contributed by atoms with Crippen LogP contribution in [-0.2, 0) is 0 Å². The van der Waals surface area contributed by atoms with Crippen molar-refractivity contribution in [1.29, 1.82) is 0 Å². The molecule has 2 N–H and O–H groups in total. The molecule has 4 nitrogen and oxygen atoms in total. The minimum absolute atomic E-state index is 0.0322. The van der Waals surface area contributed by atoms with Gasteiger partial charge in [0.05, 0.1) is 19.3 Å². The van der Waals surface area contributed by atoms with Gasteiger partial charge in [-0.1, -0.05) is 26.8 Å². The highest BCUT2D eigenvalue weighted by Gasteiger charge is 2.24. The highest BCUT2D eigenvalue weighted by Crippen LogP contribution is 2.33. The van der Waals surface area contributed by atoms with Crippen molar-refractivity contribution in [3.05, 3.63) is 23.8 Å². The molecule has 0 radical (unpaired) electrons. The maximum Gasteiger partial charge on any atom is 0.161 e. The lowest BCUT2D eigenvalue weighted by Gasteiger charge is -2.27. The number of ether oxygens (including phenoxy) is 2. The van der Waals surface area contributed by atoms with Crippen LogP contribution in [0.15, 0.2) is 18.2 Å². The molecule has 1 aromatic rings. The maximum absolute atomic E-state index is 10.6. The lowest BCUT2D eigenvalue weighted by atomic mass is 9.93. The van der Waals surface area contributed by atoms with Crippen LogP contribution >= 0.6 is 0 Å². The zero-order valence-corrected chi connectivity index (χ0v) is 12.6. The number of hydrogen-bond acceptors (Lipinski definition) is 4. The molecule has 112 valence electrons. The predicted octanol–water partition coefficient (Wildman–Crippen LogP) is 2.52. The van der Waals surface area contributed by atoms with Gasteiger partial charge in [0.2, 0.25) is 0 Å². The van der Waals surface area contributed by atoms with Gasteiger partial charge in [-0.15, -0.1) is 0 Å². The van der Waals surface area contributed by atoms with Crippen molar-refractivity contribution in [2.75, 3.05) is 19.8 Å². The van der Waals surface area contributed by atoms with Gasteiger partial charge in [0.25, 0.3) is 0 Å². The van der Waals surface area contributed by atoms with Gasteiger partial charge in [-0.25, -0.2) is 0 Å². The lowest BCUT2D eigenvalue weighted by Crippen LogP contribution is -2.39. The summed E-state index contributed by atoms with van der Waals surface area (Å²) in [5.74, 6) is 1.85. The quantitative estimate of drug-likeness (QED) is 0.869. The van der Waals surface area contributed by atoms with E-state index in [1.807, 2.05) is 18.2 Å². The highest BCUT2D eigenvalue weighted by molar-refractivity contribution is 5.44. The zero-order chi connectivity index (χ0) is 14.5. The van der Waals surface area contributed by atoms with E-state index in [1.54, 1.807) is 0 Å².